The van der Waals surface area contributed by atoms with E-state index >= 15 is 0 Å². The molecule has 0 amide bonds. The Labute approximate surface area is 169 Å². The largest absolute Gasteiger partial charge is 0.294 e. The van der Waals surface area contributed by atoms with Gasteiger partial charge in [0.05, 0.1) is 5.56 Å². The molecule has 144 valence electrons. The van der Waals surface area contributed by atoms with Gasteiger partial charge in [0.25, 0.3) is 5.82 Å². The van der Waals surface area contributed by atoms with E-state index in [1.807, 2.05) is 0 Å². The summed E-state index contributed by atoms with van der Waals surface area (Å²) >= 11 is 0. The molecule has 1 aliphatic rings. The lowest BCUT2D eigenvalue weighted by Gasteiger charge is -2.27. The second kappa shape index (κ2) is 7.09. The number of para-hydroxylation sites is 1. The summed E-state index contributed by atoms with van der Waals surface area (Å²) in [6.07, 6.45) is 6.56. The van der Waals surface area contributed by atoms with Crippen molar-refractivity contribution < 1.29 is 4.57 Å². The van der Waals surface area contributed by atoms with Gasteiger partial charge in [-0.1, -0.05) is 77.6 Å². The highest BCUT2D eigenvalue weighted by Crippen LogP contribution is 2.41. The first-order chi connectivity index (χ1) is 13.5. The Morgan fingerprint density at radius 3 is 2.21 bits per heavy atom. The zero-order valence-corrected chi connectivity index (χ0v) is 17.7. The van der Waals surface area contributed by atoms with Crippen molar-refractivity contribution >= 4 is 0 Å². The van der Waals surface area contributed by atoms with E-state index in [-0.39, 0.29) is 6.04 Å². The van der Waals surface area contributed by atoms with E-state index < -0.39 is 0 Å². The molecule has 0 aliphatic carbocycles. The van der Waals surface area contributed by atoms with Crippen molar-refractivity contribution in [1.82, 2.24) is 4.57 Å². The Morgan fingerprint density at radius 2 is 1.61 bits per heavy atom. The number of aromatic nitrogens is 2. The lowest BCUT2D eigenvalue weighted by molar-refractivity contribution is -0.705. The Hall–Kier alpha value is -2.61. The predicted octanol–water partition coefficient (Wildman–Crippen LogP) is 6.52. The van der Waals surface area contributed by atoms with E-state index in [4.69, 9.17) is 0 Å². The Bertz CT molecular complexity index is 996. The van der Waals surface area contributed by atoms with Gasteiger partial charge >= 0.3 is 0 Å². The predicted molar refractivity (Wildman–Crippen MR) is 117 cm³/mol. The number of nitrogens with zero attached hydrogens (tertiary/aromatic N) is 2. The second-order valence-electron chi connectivity index (χ2n) is 8.60. The Morgan fingerprint density at radius 1 is 0.964 bits per heavy atom. The minimum atomic E-state index is 0.264. The molecular formula is C26H31N2+. The molecule has 2 aromatic carbocycles. The molecule has 2 nitrogen and oxygen atoms in total. The molecule has 2 unspecified atom stereocenters. The highest BCUT2D eigenvalue weighted by molar-refractivity contribution is 5.65. The molecule has 1 aliphatic heterocycles. The molecule has 2 heterocycles. The lowest BCUT2D eigenvalue weighted by atomic mass is 9.85. The third-order valence-corrected chi connectivity index (χ3v) is 6.20. The van der Waals surface area contributed by atoms with Crippen LogP contribution in [0.4, 0.5) is 0 Å². The molecular weight excluding hydrogens is 340 g/mol. The van der Waals surface area contributed by atoms with Crippen LogP contribution < -0.4 is 4.57 Å². The number of imidazole rings is 1. The first-order valence-electron chi connectivity index (χ1n) is 10.4. The number of hydrogen-bond donors (Lipinski definition) is 0. The molecule has 28 heavy (non-hydrogen) atoms. The maximum atomic E-state index is 4.15. The average Bonchev–Trinajstić information content (AvgIpc) is 3.12. The molecule has 0 saturated heterocycles. The van der Waals surface area contributed by atoms with Crippen LogP contribution in [0.2, 0.25) is 0 Å². The van der Waals surface area contributed by atoms with E-state index in [2.05, 4.69) is 111 Å². The third kappa shape index (κ3) is 2.74. The Kier molecular flexibility index (Phi) is 4.74. The molecule has 0 N–H and O–H groups in total. The molecule has 0 fully saturated rings. The summed E-state index contributed by atoms with van der Waals surface area (Å²) in [7, 11) is 0. The van der Waals surface area contributed by atoms with E-state index in [9.17, 15) is 0 Å². The topological polar surface area (TPSA) is 8.81 Å². The Balaban J connectivity index is 2.07. The monoisotopic (exact) mass is 371 g/mol. The van der Waals surface area contributed by atoms with Gasteiger partial charge in [0.2, 0.25) is 0 Å². The van der Waals surface area contributed by atoms with E-state index in [0.29, 0.717) is 17.8 Å². The number of fused-ring (bicyclic) bond motifs is 3. The van der Waals surface area contributed by atoms with Gasteiger partial charge in [-0.25, -0.2) is 4.57 Å². The fraction of sp³-hybridized carbons (Fsp3) is 0.346. The van der Waals surface area contributed by atoms with Crippen LogP contribution >= 0.6 is 0 Å². The molecule has 2 heteroatoms. The van der Waals surface area contributed by atoms with Crippen LogP contribution in [-0.2, 0) is 0 Å². The van der Waals surface area contributed by atoms with Gasteiger partial charge in [0.1, 0.15) is 24.1 Å². The van der Waals surface area contributed by atoms with Crippen molar-refractivity contribution in [3.63, 3.8) is 0 Å². The second-order valence-corrected chi connectivity index (χ2v) is 8.60. The molecule has 0 radical (unpaired) electrons. The average molecular weight is 372 g/mol. The van der Waals surface area contributed by atoms with Gasteiger partial charge in [0.15, 0.2) is 0 Å². The molecule has 0 spiro atoms. The summed E-state index contributed by atoms with van der Waals surface area (Å²) in [4.78, 5) is 0. The highest BCUT2D eigenvalue weighted by atomic mass is 15.2. The zero-order valence-electron chi connectivity index (χ0n) is 17.7. The van der Waals surface area contributed by atoms with Crippen LogP contribution in [0, 0.1) is 0 Å². The normalized spacial score (nSPS) is 18.2. The van der Waals surface area contributed by atoms with Crippen LogP contribution in [0.1, 0.15) is 75.1 Å². The van der Waals surface area contributed by atoms with Crippen LogP contribution in [0.25, 0.3) is 17.1 Å². The van der Waals surface area contributed by atoms with Gasteiger partial charge in [0, 0.05) is 17.0 Å². The molecule has 2 atom stereocenters. The van der Waals surface area contributed by atoms with Gasteiger partial charge in [-0.15, -0.1) is 0 Å². The van der Waals surface area contributed by atoms with Crippen LogP contribution in [0.15, 0.2) is 67.5 Å². The summed E-state index contributed by atoms with van der Waals surface area (Å²) in [5.74, 6) is 2.59. The van der Waals surface area contributed by atoms with Crippen LogP contribution in [0.3, 0.4) is 0 Å². The van der Waals surface area contributed by atoms with E-state index in [1.165, 1.54) is 33.8 Å². The highest BCUT2D eigenvalue weighted by Gasteiger charge is 2.38. The lowest BCUT2D eigenvalue weighted by Crippen LogP contribution is -2.45. The van der Waals surface area contributed by atoms with Crippen molar-refractivity contribution in [3.8, 4) is 17.1 Å². The molecule has 4 rings (SSSR count). The molecule has 0 saturated carbocycles. The van der Waals surface area contributed by atoms with Crippen molar-refractivity contribution in [2.75, 3.05) is 0 Å². The van der Waals surface area contributed by atoms with Crippen molar-refractivity contribution in [1.29, 1.82) is 0 Å². The number of rotatable bonds is 4. The summed E-state index contributed by atoms with van der Waals surface area (Å²) in [6, 6.07) is 15.9. The minimum Gasteiger partial charge on any atom is -0.223 e. The summed E-state index contributed by atoms with van der Waals surface area (Å²) < 4.78 is 4.83. The molecule has 1 aromatic heterocycles. The quantitative estimate of drug-likeness (QED) is 0.364. The van der Waals surface area contributed by atoms with E-state index in [1.54, 1.807) is 0 Å². The summed E-state index contributed by atoms with van der Waals surface area (Å²) in [5, 5.41) is 0. The smallest absolute Gasteiger partial charge is 0.223 e. The standard InChI is InChI=1S/C26H31N2/c1-7-24-19(6)22-11-8-9-12-23(22)26-27(24)15-16-28(26)25-20(17(2)3)13-10-14-21(25)18(4)5/h7-19,24H,1H2,2-6H3/q+1. The van der Waals surface area contributed by atoms with Crippen molar-refractivity contribution in [2.45, 2.75) is 58.4 Å². The van der Waals surface area contributed by atoms with Gasteiger partial charge in [-0.2, -0.15) is 4.57 Å². The fourth-order valence-electron chi connectivity index (χ4n) is 4.72. The summed E-state index contributed by atoms with van der Waals surface area (Å²) in [6.45, 7) is 15.6. The fourth-order valence-corrected chi connectivity index (χ4v) is 4.72. The van der Waals surface area contributed by atoms with Crippen LogP contribution in [0.5, 0.6) is 0 Å². The zero-order chi connectivity index (χ0) is 20.0. The minimum absolute atomic E-state index is 0.264. The molecule has 0 bridgehead atoms. The maximum Gasteiger partial charge on any atom is 0.294 e. The van der Waals surface area contributed by atoms with Gasteiger partial charge in [-0.05, 0) is 29.5 Å². The number of benzene rings is 2. The number of allylic oxidation sites excluding steroid dienone is 1. The SMILES string of the molecule is C=CC1C(C)c2ccccc2-c2n(-c3c(C(C)C)cccc3C(C)C)cc[n+]21. The van der Waals surface area contributed by atoms with Crippen molar-refractivity contribution in [2.24, 2.45) is 0 Å². The van der Waals surface area contributed by atoms with Crippen molar-refractivity contribution in [3.05, 3.63) is 84.2 Å². The maximum absolute atomic E-state index is 4.15. The first kappa shape index (κ1) is 18.7. The molecule has 3 aromatic rings. The third-order valence-electron chi connectivity index (χ3n) is 6.20. The van der Waals surface area contributed by atoms with Gasteiger partial charge < -0.3 is 0 Å². The van der Waals surface area contributed by atoms with E-state index in [0.717, 1.165) is 0 Å². The van der Waals surface area contributed by atoms with Crippen LogP contribution in [-0.4, -0.2) is 4.57 Å². The summed E-state index contributed by atoms with van der Waals surface area (Å²) in [5.41, 5.74) is 6.87. The number of hydrogen-bond acceptors (Lipinski definition) is 0. The first-order valence-corrected chi connectivity index (χ1v) is 10.4. The van der Waals surface area contributed by atoms with Gasteiger partial charge in [-0.3, -0.25) is 0 Å².